The van der Waals surface area contributed by atoms with E-state index in [0.717, 1.165) is 22.6 Å². The minimum atomic E-state index is -1.01. The smallest absolute Gasteiger partial charge is 0.253 e. The van der Waals surface area contributed by atoms with Crippen molar-refractivity contribution in [1.29, 1.82) is 5.26 Å². The van der Waals surface area contributed by atoms with Crippen molar-refractivity contribution in [2.24, 2.45) is 7.05 Å². The van der Waals surface area contributed by atoms with E-state index in [1.807, 2.05) is 41.0 Å². The molecule has 0 aliphatic carbocycles. The van der Waals surface area contributed by atoms with Crippen LogP contribution in [0.3, 0.4) is 0 Å². The number of hydrogen-bond acceptors (Lipinski definition) is 6. The van der Waals surface area contributed by atoms with Crippen molar-refractivity contribution in [2.45, 2.75) is 37.9 Å². The number of aryl methyl sites for hydroxylation is 1. The van der Waals surface area contributed by atoms with Crippen LogP contribution in [0.25, 0.3) is 11.3 Å². The third kappa shape index (κ3) is 3.87. The van der Waals surface area contributed by atoms with Crippen LogP contribution in [-0.2, 0) is 12.6 Å². The van der Waals surface area contributed by atoms with E-state index in [0.29, 0.717) is 43.0 Å². The summed E-state index contributed by atoms with van der Waals surface area (Å²) in [4.78, 5) is 15.2. The van der Waals surface area contributed by atoms with Gasteiger partial charge < -0.3 is 19.1 Å². The molecule has 0 saturated carbocycles. The SMILES string of the molecule is COc1cc(C(=O)N2CCC3(CC2)Oc2ccccc2-c2c3cnn2C)ccc1OC(C)(C)C#N. The number of fused-ring (bicyclic) bond motifs is 4. The lowest BCUT2D eigenvalue weighted by molar-refractivity contribution is -0.00173. The summed E-state index contributed by atoms with van der Waals surface area (Å²) in [5.41, 5.74) is 2.19. The maximum absolute atomic E-state index is 13.4. The van der Waals surface area contributed by atoms with Crippen molar-refractivity contribution in [3.8, 4) is 34.6 Å². The highest BCUT2D eigenvalue weighted by atomic mass is 16.5. The van der Waals surface area contributed by atoms with Crippen LogP contribution >= 0.6 is 0 Å². The molecule has 0 bridgehead atoms. The molecule has 8 heteroatoms. The molecule has 3 aromatic rings. The van der Waals surface area contributed by atoms with Gasteiger partial charge in [-0.05, 0) is 44.2 Å². The molecule has 1 saturated heterocycles. The van der Waals surface area contributed by atoms with Crippen LogP contribution in [0.1, 0.15) is 42.6 Å². The minimum absolute atomic E-state index is 0.0770. The molecule has 2 aliphatic rings. The summed E-state index contributed by atoms with van der Waals surface area (Å²) in [5, 5.41) is 13.8. The second kappa shape index (κ2) is 8.35. The molecule has 3 heterocycles. The summed E-state index contributed by atoms with van der Waals surface area (Å²) in [6, 6.07) is 15.2. The number of piperidine rings is 1. The number of methoxy groups -OCH3 is 1. The summed E-state index contributed by atoms with van der Waals surface area (Å²) in [7, 11) is 3.47. The maximum atomic E-state index is 13.4. The van der Waals surface area contributed by atoms with Crippen LogP contribution in [0.15, 0.2) is 48.7 Å². The van der Waals surface area contributed by atoms with Crippen molar-refractivity contribution in [1.82, 2.24) is 14.7 Å². The molecule has 5 rings (SSSR count). The van der Waals surface area contributed by atoms with Gasteiger partial charge in [-0.15, -0.1) is 0 Å². The fraction of sp³-hybridized carbons (Fsp3) is 0.370. The molecule has 0 N–H and O–H groups in total. The average molecular weight is 473 g/mol. The quantitative estimate of drug-likeness (QED) is 0.562. The summed E-state index contributed by atoms with van der Waals surface area (Å²) in [6.07, 6.45) is 3.23. The van der Waals surface area contributed by atoms with Gasteiger partial charge in [-0.25, -0.2) is 0 Å². The topological polar surface area (TPSA) is 89.6 Å². The van der Waals surface area contributed by atoms with E-state index in [1.165, 1.54) is 7.11 Å². The molecule has 8 nitrogen and oxygen atoms in total. The molecule has 180 valence electrons. The van der Waals surface area contributed by atoms with Crippen LogP contribution in [-0.4, -0.2) is 46.4 Å². The first-order valence-electron chi connectivity index (χ1n) is 11.7. The van der Waals surface area contributed by atoms with Crippen molar-refractivity contribution < 1.29 is 19.0 Å². The molecule has 0 radical (unpaired) electrons. The van der Waals surface area contributed by atoms with Gasteiger partial charge >= 0.3 is 0 Å². The lowest BCUT2D eigenvalue weighted by atomic mass is 9.81. The Kier molecular flexibility index (Phi) is 5.43. The number of nitriles is 1. The normalized spacial score (nSPS) is 16.0. The lowest BCUT2D eigenvalue weighted by Crippen LogP contribution is -2.49. The zero-order valence-corrected chi connectivity index (χ0v) is 20.4. The predicted molar refractivity (Wildman–Crippen MR) is 129 cm³/mol. The van der Waals surface area contributed by atoms with Crippen molar-refractivity contribution in [3.05, 3.63) is 59.8 Å². The summed E-state index contributed by atoms with van der Waals surface area (Å²) in [6.45, 7) is 4.46. The van der Waals surface area contributed by atoms with E-state index in [1.54, 1.807) is 32.0 Å². The highest BCUT2D eigenvalue weighted by Crippen LogP contribution is 2.49. The lowest BCUT2D eigenvalue weighted by Gasteiger charge is -2.44. The fourth-order valence-electron chi connectivity index (χ4n) is 4.91. The Balaban J connectivity index is 1.36. The van der Waals surface area contributed by atoms with E-state index >= 15 is 0 Å². The van der Waals surface area contributed by atoms with Gasteiger partial charge in [0.15, 0.2) is 17.1 Å². The number of nitrogens with zero attached hydrogens (tertiary/aromatic N) is 4. The first-order valence-corrected chi connectivity index (χ1v) is 11.7. The number of amides is 1. The van der Waals surface area contributed by atoms with Crippen LogP contribution < -0.4 is 14.2 Å². The molecule has 1 fully saturated rings. The molecular formula is C27H28N4O4. The Morgan fingerprint density at radius 1 is 1.17 bits per heavy atom. The molecule has 35 heavy (non-hydrogen) atoms. The van der Waals surface area contributed by atoms with E-state index < -0.39 is 11.2 Å². The summed E-state index contributed by atoms with van der Waals surface area (Å²) >= 11 is 0. The highest BCUT2D eigenvalue weighted by Gasteiger charge is 2.45. The van der Waals surface area contributed by atoms with Gasteiger partial charge in [-0.3, -0.25) is 9.48 Å². The van der Waals surface area contributed by atoms with Crippen LogP contribution in [0.2, 0.25) is 0 Å². The van der Waals surface area contributed by atoms with E-state index in [4.69, 9.17) is 14.2 Å². The minimum Gasteiger partial charge on any atom is -0.493 e. The van der Waals surface area contributed by atoms with Crippen LogP contribution in [0.5, 0.6) is 17.2 Å². The number of benzene rings is 2. The molecule has 2 aromatic carbocycles. The number of aromatic nitrogens is 2. The third-order valence-electron chi connectivity index (χ3n) is 6.78. The highest BCUT2D eigenvalue weighted by molar-refractivity contribution is 5.95. The molecule has 1 aromatic heterocycles. The second-order valence-corrected chi connectivity index (χ2v) is 9.50. The van der Waals surface area contributed by atoms with E-state index in [9.17, 15) is 10.1 Å². The third-order valence-corrected chi connectivity index (χ3v) is 6.78. The molecule has 1 spiro atoms. The Morgan fingerprint density at radius 3 is 2.63 bits per heavy atom. The maximum Gasteiger partial charge on any atom is 0.253 e. The molecule has 2 aliphatic heterocycles. The van der Waals surface area contributed by atoms with Gasteiger partial charge in [0.1, 0.15) is 17.4 Å². The van der Waals surface area contributed by atoms with E-state index in [-0.39, 0.29) is 5.91 Å². The molecular weight excluding hydrogens is 444 g/mol. The number of carbonyl (C=O) groups is 1. The Hall–Kier alpha value is -3.99. The zero-order valence-electron chi connectivity index (χ0n) is 20.4. The number of ether oxygens (including phenoxy) is 3. The molecule has 1 amide bonds. The number of para-hydroxylation sites is 1. The van der Waals surface area contributed by atoms with Gasteiger partial charge in [0.2, 0.25) is 0 Å². The largest absolute Gasteiger partial charge is 0.493 e. The predicted octanol–water partition coefficient (Wildman–Crippen LogP) is 4.30. The van der Waals surface area contributed by atoms with Gasteiger partial charge in [-0.1, -0.05) is 12.1 Å². The Morgan fingerprint density at radius 2 is 1.91 bits per heavy atom. The zero-order chi connectivity index (χ0) is 24.8. The summed E-state index contributed by atoms with van der Waals surface area (Å²) in [5.74, 6) is 1.61. The van der Waals surface area contributed by atoms with Gasteiger partial charge in [-0.2, -0.15) is 10.4 Å². The monoisotopic (exact) mass is 472 g/mol. The first-order chi connectivity index (χ1) is 16.8. The van der Waals surface area contributed by atoms with Crippen LogP contribution in [0.4, 0.5) is 0 Å². The number of likely N-dealkylation sites (tertiary alicyclic amines) is 1. The second-order valence-electron chi connectivity index (χ2n) is 9.50. The molecule has 0 atom stereocenters. The van der Waals surface area contributed by atoms with Crippen molar-refractivity contribution in [2.75, 3.05) is 20.2 Å². The Bertz CT molecular complexity index is 1330. The fourth-order valence-corrected chi connectivity index (χ4v) is 4.91. The number of carbonyl (C=O) groups excluding carboxylic acids is 1. The van der Waals surface area contributed by atoms with Gasteiger partial charge in [0, 0.05) is 49.7 Å². The average Bonchev–Trinajstić information content (AvgIpc) is 3.27. The van der Waals surface area contributed by atoms with Crippen LogP contribution in [0, 0.1) is 11.3 Å². The van der Waals surface area contributed by atoms with Crippen molar-refractivity contribution in [3.63, 3.8) is 0 Å². The number of hydrogen-bond donors (Lipinski definition) is 0. The van der Waals surface area contributed by atoms with Gasteiger partial charge in [0.25, 0.3) is 5.91 Å². The Labute approximate surface area is 204 Å². The summed E-state index contributed by atoms with van der Waals surface area (Å²) < 4.78 is 19.7. The standard InChI is InChI=1S/C27H28N4O4/c1-26(2,17-28)34-22-10-9-18(15-23(22)33-4)25(32)31-13-11-27(12-14-31)20-16-29-30(3)24(20)19-7-5-6-8-21(19)35-27/h5-10,15-16H,11-14H2,1-4H3. The van der Waals surface area contributed by atoms with Gasteiger partial charge in [0.05, 0.1) is 19.0 Å². The van der Waals surface area contributed by atoms with E-state index in [2.05, 4.69) is 17.2 Å². The molecule has 0 unspecified atom stereocenters. The van der Waals surface area contributed by atoms with Crippen molar-refractivity contribution >= 4 is 5.91 Å². The number of rotatable bonds is 4. The first kappa shape index (κ1) is 22.8.